The fourth-order valence-electron chi connectivity index (χ4n) is 4.15. The summed E-state index contributed by atoms with van der Waals surface area (Å²) < 4.78 is 5.84. The molecular weight excluding hydrogens is 464 g/mol. The number of aliphatic carboxylic acids is 1. The van der Waals surface area contributed by atoms with Gasteiger partial charge in [0.05, 0.1) is 17.7 Å². The molecule has 37 heavy (non-hydrogen) atoms. The van der Waals surface area contributed by atoms with E-state index >= 15 is 0 Å². The molecule has 3 rings (SSSR count). The van der Waals surface area contributed by atoms with Gasteiger partial charge in [0.2, 0.25) is 11.8 Å². The van der Waals surface area contributed by atoms with Crippen LogP contribution in [0.4, 0.5) is 5.69 Å². The van der Waals surface area contributed by atoms with Gasteiger partial charge in [0, 0.05) is 18.2 Å². The molecule has 0 bridgehead atoms. The van der Waals surface area contributed by atoms with Crippen molar-refractivity contribution in [2.24, 2.45) is 5.41 Å². The summed E-state index contributed by atoms with van der Waals surface area (Å²) in [6.45, 7) is 4.22. The fraction of sp³-hybridized carbons (Fsp3) is 0.323. The molecule has 0 spiro atoms. The Kier molecular flexibility index (Phi) is 10.4. The van der Waals surface area contributed by atoms with Crippen LogP contribution in [0.15, 0.2) is 72.8 Å². The highest BCUT2D eigenvalue weighted by molar-refractivity contribution is 5.94. The van der Waals surface area contributed by atoms with Gasteiger partial charge < -0.3 is 15.2 Å². The number of aromatic nitrogens is 1. The maximum absolute atomic E-state index is 12.6. The van der Waals surface area contributed by atoms with Crippen LogP contribution in [-0.4, -0.2) is 28.6 Å². The summed E-state index contributed by atoms with van der Waals surface area (Å²) in [4.78, 5) is 28.8. The lowest BCUT2D eigenvalue weighted by Gasteiger charge is -2.25. The van der Waals surface area contributed by atoms with Gasteiger partial charge in [0.15, 0.2) is 0 Å². The van der Waals surface area contributed by atoms with Gasteiger partial charge in [0.1, 0.15) is 0 Å². The molecule has 194 valence electrons. The highest BCUT2D eigenvalue weighted by Crippen LogP contribution is 2.31. The van der Waals surface area contributed by atoms with E-state index in [4.69, 9.17) is 4.74 Å². The number of amides is 1. The first-order valence-corrected chi connectivity index (χ1v) is 12.9. The largest absolute Gasteiger partial charge is 0.481 e. The van der Waals surface area contributed by atoms with Crippen LogP contribution >= 0.6 is 0 Å². The number of hydrogen-bond acceptors (Lipinski definition) is 4. The van der Waals surface area contributed by atoms with E-state index in [9.17, 15) is 14.7 Å². The van der Waals surface area contributed by atoms with Crippen LogP contribution in [0, 0.1) is 5.41 Å². The van der Waals surface area contributed by atoms with E-state index in [0.29, 0.717) is 31.0 Å². The highest BCUT2D eigenvalue weighted by Gasteiger charge is 2.37. The number of carboxylic acids is 1. The molecule has 3 aromatic rings. The topological polar surface area (TPSA) is 88.5 Å². The predicted molar refractivity (Wildman–Crippen MR) is 148 cm³/mol. The number of anilines is 1. The molecule has 0 fully saturated rings. The van der Waals surface area contributed by atoms with Gasteiger partial charge in [0.25, 0.3) is 0 Å². The van der Waals surface area contributed by atoms with Gasteiger partial charge in [-0.25, -0.2) is 4.98 Å². The minimum Gasteiger partial charge on any atom is -0.481 e. The van der Waals surface area contributed by atoms with Crippen LogP contribution in [0.3, 0.4) is 0 Å². The Morgan fingerprint density at radius 1 is 0.946 bits per heavy atom. The number of carbonyl (C=O) groups excluding carboxylic acids is 1. The molecule has 0 radical (unpaired) electrons. The summed E-state index contributed by atoms with van der Waals surface area (Å²) >= 11 is 0. The quantitative estimate of drug-likeness (QED) is 0.236. The maximum Gasteiger partial charge on any atom is 0.310 e. The molecule has 0 aliphatic carbocycles. The van der Waals surface area contributed by atoms with Crippen molar-refractivity contribution in [2.45, 2.75) is 52.4 Å². The van der Waals surface area contributed by atoms with Gasteiger partial charge in [-0.2, -0.15) is 0 Å². The average molecular weight is 501 g/mol. The molecule has 0 saturated carbocycles. The molecule has 0 aliphatic heterocycles. The molecule has 1 aromatic heterocycles. The van der Waals surface area contributed by atoms with Crippen LogP contribution in [0.2, 0.25) is 0 Å². The third-order valence-electron chi connectivity index (χ3n) is 6.62. The van der Waals surface area contributed by atoms with Crippen LogP contribution < -0.4 is 10.1 Å². The second-order valence-corrected chi connectivity index (χ2v) is 9.17. The second-order valence-electron chi connectivity index (χ2n) is 9.17. The first-order valence-electron chi connectivity index (χ1n) is 12.9. The molecule has 1 amide bonds. The zero-order valence-electron chi connectivity index (χ0n) is 21.7. The van der Waals surface area contributed by atoms with Crippen LogP contribution in [-0.2, 0) is 16.0 Å². The minimum atomic E-state index is -1.04. The van der Waals surface area contributed by atoms with Gasteiger partial charge in [-0.3, -0.25) is 9.59 Å². The van der Waals surface area contributed by atoms with E-state index < -0.39 is 11.4 Å². The van der Waals surface area contributed by atoms with E-state index in [0.717, 1.165) is 30.5 Å². The van der Waals surface area contributed by atoms with E-state index in [1.165, 1.54) is 5.56 Å². The van der Waals surface area contributed by atoms with Crippen molar-refractivity contribution in [1.29, 1.82) is 0 Å². The van der Waals surface area contributed by atoms with Crippen LogP contribution in [0.1, 0.15) is 62.8 Å². The number of rotatable bonds is 14. The number of aryl methyl sites for hydroxylation is 1. The summed E-state index contributed by atoms with van der Waals surface area (Å²) in [7, 11) is 0. The number of carboxylic acid groups (broad SMARTS) is 1. The Morgan fingerprint density at radius 2 is 1.70 bits per heavy atom. The third-order valence-corrected chi connectivity index (χ3v) is 6.62. The second kappa shape index (κ2) is 14.0. The zero-order chi connectivity index (χ0) is 26.5. The molecule has 2 aromatic carbocycles. The van der Waals surface area contributed by atoms with E-state index in [-0.39, 0.29) is 12.3 Å². The Labute approximate surface area is 219 Å². The summed E-state index contributed by atoms with van der Waals surface area (Å²) in [5.41, 5.74) is 2.59. The van der Waals surface area contributed by atoms with E-state index in [2.05, 4.69) is 34.6 Å². The molecule has 0 unspecified atom stereocenters. The van der Waals surface area contributed by atoms with Crippen LogP contribution in [0.5, 0.6) is 5.88 Å². The summed E-state index contributed by atoms with van der Waals surface area (Å²) in [5, 5.41) is 12.4. The number of nitrogens with one attached hydrogen (secondary N) is 1. The summed E-state index contributed by atoms with van der Waals surface area (Å²) in [6, 6.07) is 23.5. The smallest absolute Gasteiger partial charge is 0.310 e. The zero-order valence-corrected chi connectivity index (χ0v) is 21.7. The third kappa shape index (κ3) is 8.60. The molecule has 1 heterocycles. The number of pyridine rings is 1. The molecule has 2 N–H and O–H groups in total. The van der Waals surface area contributed by atoms with Crippen molar-refractivity contribution in [3.05, 3.63) is 89.6 Å². The van der Waals surface area contributed by atoms with Gasteiger partial charge >= 0.3 is 5.97 Å². The molecule has 0 atom stereocenters. The number of benzene rings is 2. The SMILES string of the molecule is CCC(CC)(CC(=O)Nc1cccc(/C=C/c2cccc(OCCCCc3ccccc3)n2)c1)C(=O)O. The molecule has 6 heteroatoms. The number of ether oxygens (including phenoxy) is 1. The van der Waals surface area contributed by atoms with E-state index in [1.54, 1.807) is 19.9 Å². The standard InChI is InChI=1S/C31H36N2O4/c1-3-31(4-2,30(35)36)23-28(34)32-27-17-10-15-25(22-27)19-20-26-16-11-18-29(33-26)37-21-9-8-14-24-12-6-5-7-13-24/h5-7,10-13,15-20,22H,3-4,8-9,14,21,23H2,1-2H3,(H,32,34)(H,35,36)/b20-19+. The van der Waals surface area contributed by atoms with Crippen molar-refractivity contribution in [2.75, 3.05) is 11.9 Å². The summed E-state index contributed by atoms with van der Waals surface area (Å²) in [6.07, 6.45) is 7.62. The van der Waals surface area contributed by atoms with Gasteiger partial charge in [-0.15, -0.1) is 0 Å². The van der Waals surface area contributed by atoms with Gasteiger partial charge in [-0.05, 0) is 67.5 Å². The Bertz CT molecular complexity index is 1190. The van der Waals surface area contributed by atoms with Crippen molar-refractivity contribution in [1.82, 2.24) is 4.98 Å². The lowest BCUT2D eigenvalue weighted by Crippen LogP contribution is -2.34. The fourth-order valence-corrected chi connectivity index (χ4v) is 4.15. The molecule has 0 aliphatic rings. The van der Waals surface area contributed by atoms with Crippen molar-refractivity contribution in [3.63, 3.8) is 0 Å². The van der Waals surface area contributed by atoms with Crippen molar-refractivity contribution >= 4 is 29.7 Å². The number of nitrogens with zero attached hydrogens (tertiary/aromatic N) is 1. The van der Waals surface area contributed by atoms with E-state index in [1.807, 2.05) is 54.6 Å². The number of carbonyl (C=O) groups is 2. The normalized spacial score (nSPS) is 11.4. The van der Waals surface area contributed by atoms with Crippen LogP contribution in [0.25, 0.3) is 12.2 Å². The molecule has 6 nitrogen and oxygen atoms in total. The van der Waals surface area contributed by atoms with Crippen molar-refractivity contribution < 1.29 is 19.4 Å². The monoisotopic (exact) mass is 500 g/mol. The van der Waals surface area contributed by atoms with Gasteiger partial charge in [-0.1, -0.05) is 68.5 Å². The Balaban J connectivity index is 1.52. The first-order chi connectivity index (χ1) is 17.9. The molecule has 0 saturated heterocycles. The Hall–Kier alpha value is -3.93. The van der Waals surface area contributed by atoms with Crippen molar-refractivity contribution in [3.8, 4) is 5.88 Å². The maximum atomic E-state index is 12.6. The average Bonchev–Trinajstić information content (AvgIpc) is 2.91. The predicted octanol–water partition coefficient (Wildman–Crippen LogP) is 6.87. The first kappa shape index (κ1) is 27.7. The minimum absolute atomic E-state index is 0.0572. The lowest BCUT2D eigenvalue weighted by molar-refractivity contribution is -0.151. The number of hydrogen-bond donors (Lipinski definition) is 2. The Morgan fingerprint density at radius 3 is 2.43 bits per heavy atom. The summed E-state index contributed by atoms with van der Waals surface area (Å²) in [5.74, 6) is -0.644. The molecular formula is C31H36N2O4. The lowest BCUT2D eigenvalue weighted by atomic mass is 9.79. The number of unbranched alkanes of at least 4 members (excludes halogenated alkanes) is 1. The highest BCUT2D eigenvalue weighted by atomic mass is 16.5.